The molecule has 6 nitrogen and oxygen atoms in total. The van der Waals surface area contributed by atoms with E-state index in [4.69, 9.17) is 20.9 Å². The SMILES string of the molecule is Cc1cc(OC(=O)NCC2CCC(C(c3ccc(Cl)cc3)N(C)C)CC2)no1. The fraction of sp³-hybridized carbons (Fsp3) is 0.524. The van der Waals surface area contributed by atoms with Crippen molar-refractivity contribution in [3.05, 3.63) is 46.7 Å². The maximum atomic E-state index is 11.9. The van der Waals surface area contributed by atoms with Crippen LogP contribution in [0.5, 0.6) is 5.88 Å². The number of aryl methyl sites for hydroxylation is 1. The molecular formula is C21H28ClN3O3. The van der Waals surface area contributed by atoms with Crippen LogP contribution in [0.1, 0.15) is 43.0 Å². The third kappa shape index (κ3) is 5.49. The molecule has 1 aliphatic carbocycles. The number of carbonyl (C=O) groups is 1. The number of rotatable bonds is 6. The molecule has 1 amide bonds. The fourth-order valence-corrected chi connectivity index (χ4v) is 4.24. The predicted molar refractivity (Wildman–Crippen MR) is 109 cm³/mol. The van der Waals surface area contributed by atoms with Crippen LogP contribution in [0.3, 0.4) is 0 Å². The maximum Gasteiger partial charge on any atom is 0.414 e. The van der Waals surface area contributed by atoms with Gasteiger partial charge in [-0.05, 0) is 81.4 Å². The third-order valence-corrected chi connectivity index (χ3v) is 5.70. The van der Waals surface area contributed by atoms with Gasteiger partial charge in [-0.1, -0.05) is 23.7 Å². The summed E-state index contributed by atoms with van der Waals surface area (Å²) in [6, 6.07) is 10.1. The number of nitrogens with zero attached hydrogens (tertiary/aromatic N) is 2. The lowest BCUT2D eigenvalue weighted by Gasteiger charge is -2.37. The van der Waals surface area contributed by atoms with Gasteiger partial charge in [0.05, 0.1) is 0 Å². The number of hydrogen-bond acceptors (Lipinski definition) is 5. The summed E-state index contributed by atoms with van der Waals surface area (Å²) in [5.41, 5.74) is 1.31. The molecule has 0 aliphatic heterocycles. The summed E-state index contributed by atoms with van der Waals surface area (Å²) >= 11 is 6.05. The first kappa shape index (κ1) is 20.7. The Kier molecular flexibility index (Phi) is 6.97. The average Bonchev–Trinajstić information content (AvgIpc) is 3.07. The van der Waals surface area contributed by atoms with E-state index in [1.54, 1.807) is 13.0 Å². The third-order valence-electron chi connectivity index (χ3n) is 5.44. The van der Waals surface area contributed by atoms with Gasteiger partial charge >= 0.3 is 6.09 Å². The van der Waals surface area contributed by atoms with Crippen LogP contribution in [0, 0.1) is 18.8 Å². The van der Waals surface area contributed by atoms with Crippen LogP contribution in [0.2, 0.25) is 5.02 Å². The first-order chi connectivity index (χ1) is 13.4. The van der Waals surface area contributed by atoms with Crippen molar-refractivity contribution in [2.45, 2.75) is 38.6 Å². The number of benzene rings is 1. The van der Waals surface area contributed by atoms with E-state index in [-0.39, 0.29) is 5.88 Å². The molecule has 1 fully saturated rings. The quantitative estimate of drug-likeness (QED) is 0.745. The summed E-state index contributed by atoms with van der Waals surface area (Å²) in [5.74, 6) is 1.86. The summed E-state index contributed by atoms with van der Waals surface area (Å²) < 4.78 is 10.0. The lowest BCUT2D eigenvalue weighted by Crippen LogP contribution is -2.35. The summed E-state index contributed by atoms with van der Waals surface area (Å²) in [6.45, 7) is 2.37. The molecule has 3 rings (SSSR count). The minimum atomic E-state index is -0.484. The molecule has 0 spiro atoms. The van der Waals surface area contributed by atoms with Crippen molar-refractivity contribution in [2.75, 3.05) is 20.6 Å². The van der Waals surface area contributed by atoms with Crippen LogP contribution in [0.4, 0.5) is 4.79 Å². The minimum Gasteiger partial charge on any atom is -0.388 e. The number of halogens is 1. The molecule has 1 unspecified atom stereocenters. The Bertz CT molecular complexity index is 767. The molecule has 7 heteroatoms. The number of nitrogens with one attached hydrogen (secondary N) is 1. The topological polar surface area (TPSA) is 67.6 Å². The molecule has 1 saturated carbocycles. The molecule has 1 aliphatic rings. The Morgan fingerprint density at radius 2 is 1.96 bits per heavy atom. The van der Waals surface area contributed by atoms with Gasteiger partial charge in [0.15, 0.2) is 0 Å². The monoisotopic (exact) mass is 405 g/mol. The van der Waals surface area contributed by atoms with Gasteiger partial charge in [0.2, 0.25) is 0 Å². The molecule has 152 valence electrons. The molecule has 1 atom stereocenters. The van der Waals surface area contributed by atoms with Crippen molar-refractivity contribution < 1.29 is 14.1 Å². The molecule has 2 aromatic rings. The highest BCUT2D eigenvalue weighted by Crippen LogP contribution is 2.39. The highest BCUT2D eigenvalue weighted by atomic mass is 35.5. The van der Waals surface area contributed by atoms with E-state index in [9.17, 15) is 4.79 Å². The smallest absolute Gasteiger partial charge is 0.388 e. The molecule has 1 aromatic heterocycles. The second-order valence-corrected chi connectivity index (χ2v) is 8.22. The predicted octanol–water partition coefficient (Wildman–Crippen LogP) is 4.83. The van der Waals surface area contributed by atoms with Gasteiger partial charge < -0.3 is 19.5 Å². The van der Waals surface area contributed by atoms with Crippen molar-refractivity contribution >= 4 is 17.7 Å². The van der Waals surface area contributed by atoms with Crippen molar-refractivity contribution in [1.82, 2.24) is 15.4 Å². The number of amides is 1. The molecule has 1 heterocycles. The van der Waals surface area contributed by atoms with Gasteiger partial charge in [0, 0.05) is 23.7 Å². The molecule has 0 saturated heterocycles. The van der Waals surface area contributed by atoms with E-state index in [1.165, 1.54) is 5.56 Å². The summed E-state index contributed by atoms with van der Waals surface area (Å²) in [5, 5.41) is 7.27. The van der Waals surface area contributed by atoms with Crippen molar-refractivity contribution in [1.29, 1.82) is 0 Å². The Morgan fingerprint density at radius 3 is 2.54 bits per heavy atom. The summed E-state index contributed by atoms with van der Waals surface area (Å²) in [6.07, 6.45) is 3.96. The summed E-state index contributed by atoms with van der Waals surface area (Å²) in [7, 11) is 4.27. The Morgan fingerprint density at radius 1 is 1.29 bits per heavy atom. The number of carbonyl (C=O) groups excluding carboxylic acids is 1. The van der Waals surface area contributed by atoms with Crippen molar-refractivity contribution in [2.24, 2.45) is 11.8 Å². The second kappa shape index (κ2) is 9.43. The molecule has 28 heavy (non-hydrogen) atoms. The van der Waals surface area contributed by atoms with Gasteiger partial charge in [-0.15, -0.1) is 0 Å². The number of hydrogen-bond donors (Lipinski definition) is 1. The zero-order valence-corrected chi connectivity index (χ0v) is 17.4. The fourth-order valence-electron chi connectivity index (χ4n) is 4.11. The van der Waals surface area contributed by atoms with E-state index in [1.807, 2.05) is 12.1 Å². The van der Waals surface area contributed by atoms with Gasteiger partial charge in [-0.2, -0.15) is 0 Å². The lowest BCUT2D eigenvalue weighted by molar-refractivity contribution is 0.146. The zero-order chi connectivity index (χ0) is 20.1. The van der Waals surface area contributed by atoms with Crippen LogP contribution in [-0.4, -0.2) is 36.8 Å². The average molecular weight is 406 g/mol. The van der Waals surface area contributed by atoms with Crippen molar-refractivity contribution in [3.8, 4) is 5.88 Å². The van der Waals surface area contributed by atoms with Gasteiger partial charge in [-0.3, -0.25) is 0 Å². The van der Waals surface area contributed by atoms with E-state index in [0.717, 1.165) is 30.7 Å². The van der Waals surface area contributed by atoms with E-state index in [2.05, 4.69) is 41.6 Å². The number of aromatic nitrogens is 1. The van der Waals surface area contributed by atoms with E-state index < -0.39 is 6.09 Å². The first-order valence-corrected chi connectivity index (χ1v) is 10.1. The number of ether oxygens (including phenoxy) is 1. The van der Waals surface area contributed by atoms with Crippen LogP contribution in [0.15, 0.2) is 34.9 Å². The standard InChI is InChI=1S/C21H28ClN3O3/c1-14-12-19(24-28-14)27-21(26)23-13-15-4-6-16(7-5-15)20(25(2)3)17-8-10-18(22)11-9-17/h8-12,15-16,20H,4-7,13H2,1-3H3,(H,23,26). The van der Waals surface area contributed by atoms with Gasteiger partial charge in [0.25, 0.3) is 5.88 Å². The molecule has 0 radical (unpaired) electrons. The van der Waals surface area contributed by atoms with Crippen LogP contribution < -0.4 is 10.1 Å². The van der Waals surface area contributed by atoms with Crippen LogP contribution in [0.25, 0.3) is 0 Å². The van der Waals surface area contributed by atoms with Gasteiger partial charge in [-0.25, -0.2) is 4.79 Å². The second-order valence-electron chi connectivity index (χ2n) is 7.79. The summed E-state index contributed by atoms with van der Waals surface area (Å²) in [4.78, 5) is 14.2. The molecule has 0 bridgehead atoms. The van der Waals surface area contributed by atoms with Crippen LogP contribution in [-0.2, 0) is 0 Å². The van der Waals surface area contributed by atoms with E-state index in [0.29, 0.717) is 30.2 Å². The van der Waals surface area contributed by atoms with Crippen molar-refractivity contribution in [3.63, 3.8) is 0 Å². The Hall–Kier alpha value is -2.05. The van der Waals surface area contributed by atoms with Crippen LogP contribution >= 0.6 is 11.6 Å². The zero-order valence-electron chi connectivity index (χ0n) is 16.7. The lowest BCUT2D eigenvalue weighted by atomic mass is 9.76. The Labute approximate surface area is 171 Å². The van der Waals surface area contributed by atoms with E-state index >= 15 is 0 Å². The maximum absolute atomic E-state index is 11.9. The highest BCUT2D eigenvalue weighted by Gasteiger charge is 2.30. The highest BCUT2D eigenvalue weighted by molar-refractivity contribution is 6.30. The normalized spacial score (nSPS) is 20.8. The largest absolute Gasteiger partial charge is 0.414 e. The first-order valence-electron chi connectivity index (χ1n) is 9.73. The molecular weight excluding hydrogens is 378 g/mol. The molecule has 1 aromatic carbocycles. The minimum absolute atomic E-state index is 0.190. The Balaban J connectivity index is 1.47. The molecule has 1 N–H and O–H groups in total. The van der Waals surface area contributed by atoms with Gasteiger partial charge in [0.1, 0.15) is 5.76 Å².